The second-order valence-corrected chi connectivity index (χ2v) is 7.19. The lowest BCUT2D eigenvalue weighted by Crippen LogP contribution is -2.31. The number of carbonyl (C=O) groups excluding carboxylic acids is 1. The normalized spacial score (nSPS) is 21.3. The second-order valence-electron chi connectivity index (χ2n) is 7.19. The minimum atomic E-state index is 0.248. The van der Waals surface area contributed by atoms with Gasteiger partial charge in [-0.3, -0.25) is 4.79 Å². The number of nitrogens with zero attached hydrogens (tertiary/aromatic N) is 1. The van der Waals surface area contributed by atoms with Gasteiger partial charge in [0.25, 0.3) is 0 Å². The molecule has 0 aromatic heterocycles. The molecule has 2 aliphatic rings. The van der Waals surface area contributed by atoms with Crippen molar-refractivity contribution >= 4 is 5.91 Å². The fourth-order valence-electron chi connectivity index (χ4n) is 4.61. The van der Waals surface area contributed by atoms with Gasteiger partial charge in [0.1, 0.15) is 0 Å². The zero-order valence-electron chi connectivity index (χ0n) is 17.8. The minimum absolute atomic E-state index is 0.248. The van der Waals surface area contributed by atoms with E-state index in [9.17, 15) is 4.79 Å². The first kappa shape index (κ1) is 21.2. The molecule has 0 fully saturated rings. The van der Waals surface area contributed by atoms with E-state index < -0.39 is 0 Å². The van der Waals surface area contributed by atoms with E-state index in [1.165, 1.54) is 22.3 Å². The standard InChI is InChI=1S/C21H23NO.2C2H6/c1-22(2)20(23)13-16-11-14-7-3-5-9-17(14)19-12-15-8-4-6-10-18(15)21(16)19;2*1-2/h3-10,16,19,21H,11-13H2,1-2H3;2*1-2H3. The molecule has 0 N–H and O–H groups in total. The number of hydrogen-bond donors (Lipinski definition) is 0. The third kappa shape index (κ3) is 4.26. The molecular weight excluding hydrogens is 330 g/mol. The van der Waals surface area contributed by atoms with Gasteiger partial charge in [-0.15, -0.1) is 0 Å². The van der Waals surface area contributed by atoms with E-state index in [-0.39, 0.29) is 5.91 Å². The zero-order chi connectivity index (χ0) is 20.0. The van der Waals surface area contributed by atoms with E-state index in [1.54, 1.807) is 4.90 Å². The van der Waals surface area contributed by atoms with E-state index in [0.717, 1.165) is 12.8 Å². The summed E-state index contributed by atoms with van der Waals surface area (Å²) in [5.41, 5.74) is 5.89. The molecule has 0 heterocycles. The Morgan fingerprint density at radius 3 is 1.96 bits per heavy atom. The SMILES string of the molecule is CC.CC.CN(C)C(=O)CC1Cc2ccccc2C2Cc3ccccc3C12. The molecule has 0 spiro atoms. The number of amides is 1. The molecule has 2 aromatic carbocycles. The summed E-state index contributed by atoms with van der Waals surface area (Å²) in [4.78, 5) is 14.1. The van der Waals surface area contributed by atoms with Gasteiger partial charge in [-0.1, -0.05) is 76.2 Å². The Bertz CT molecular complexity index is 749. The molecule has 27 heavy (non-hydrogen) atoms. The Labute approximate surface area is 165 Å². The molecule has 0 saturated carbocycles. The number of rotatable bonds is 2. The maximum atomic E-state index is 12.3. The van der Waals surface area contributed by atoms with Crippen LogP contribution in [-0.4, -0.2) is 24.9 Å². The van der Waals surface area contributed by atoms with Crippen molar-refractivity contribution in [2.45, 2.75) is 58.8 Å². The van der Waals surface area contributed by atoms with Gasteiger partial charge < -0.3 is 4.90 Å². The van der Waals surface area contributed by atoms with E-state index in [0.29, 0.717) is 24.2 Å². The molecule has 0 bridgehead atoms. The van der Waals surface area contributed by atoms with Gasteiger partial charge in [0.2, 0.25) is 5.91 Å². The molecule has 2 aliphatic carbocycles. The van der Waals surface area contributed by atoms with Crippen molar-refractivity contribution in [2.75, 3.05) is 14.1 Å². The van der Waals surface area contributed by atoms with Crippen LogP contribution in [0.25, 0.3) is 0 Å². The first-order valence-electron chi connectivity index (χ1n) is 10.5. The highest BCUT2D eigenvalue weighted by atomic mass is 16.2. The van der Waals surface area contributed by atoms with E-state index in [1.807, 2.05) is 41.8 Å². The highest BCUT2D eigenvalue weighted by Crippen LogP contribution is 2.53. The van der Waals surface area contributed by atoms with Crippen molar-refractivity contribution in [3.63, 3.8) is 0 Å². The van der Waals surface area contributed by atoms with Gasteiger partial charge in [0.05, 0.1) is 0 Å². The van der Waals surface area contributed by atoms with Gasteiger partial charge in [-0.05, 0) is 52.8 Å². The highest BCUT2D eigenvalue weighted by molar-refractivity contribution is 5.76. The van der Waals surface area contributed by atoms with Crippen LogP contribution in [0.3, 0.4) is 0 Å². The maximum absolute atomic E-state index is 12.3. The fraction of sp³-hybridized carbons (Fsp3) is 0.480. The summed E-state index contributed by atoms with van der Waals surface area (Å²) in [6, 6.07) is 17.7. The predicted molar refractivity (Wildman–Crippen MR) is 115 cm³/mol. The number of hydrogen-bond acceptors (Lipinski definition) is 1. The molecule has 1 amide bonds. The Morgan fingerprint density at radius 1 is 0.852 bits per heavy atom. The van der Waals surface area contributed by atoms with E-state index in [2.05, 4.69) is 48.5 Å². The molecule has 2 heteroatoms. The average Bonchev–Trinajstić information content (AvgIpc) is 3.11. The van der Waals surface area contributed by atoms with Gasteiger partial charge in [0.15, 0.2) is 0 Å². The number of carbonyl (C=O) groups is 1. The molecule has 3 atom stereocenters. The van der Waals surface area contributed by atoms with Gasteiger partial charge in [0, 0.05) is 20.5 Å². The van der Waals surface area contributed by atoms with Crippen molar-refractivity contribution in [3.05, 3.63) is 70.8 Å². The third-order valence-electron chi connectivity index (χ3n) is 5.67. The second kappa shape index (κ2) is 9.73. The average molecular weight is 366 g/mol. The molecule has 3 unspecified atom stereocenters. The van der Waals surface area contributed by atoms with Crippen LogP contribution in [0.4, 0.5) is 0 Å². The largest absolute Gasteiger partial charge is 0.349 e. The fourth-order valence-corrected chi connectivity index (χ4v) is 4.61. The molecule has 0 aliphatic heterocycles. The van der Waals surface area contributed by atoms with E-state index in [4.69, 9.17) is 0 Å². The van der Waals surface area contributed by atoms with Crippen molar-refractivity contribution < 1.29 is 4.79 Å². The van der Waals surface area contributed by atoms with E-state index >= 15 is 0 Å². The molecule has 2 nitrogen and oxygen atoms in total. The van der Waals surface area contributed by atoms with Crippen LogP contribution in [0, 0.1) is 5.92 Å². The minimum Gasteiger partial charge on any atom is -0.349 e. The predicted octanol–water partition coefficient (Wildman–Crippen LogP) is 5.81. The van der Waals surface area contributed by atoms with Crippen LogP contribution < -0.4 is 0 Å². The summed E-state index contributed by atoms with van der Waals surface area (Å²) >= 11 is 0. The van der Waals surface area contributed by atoms with Crippen LogP contribution in [0.2, 0.25) is 0 Å². The van der Waals surface area contributed by atoms with Crippen molar-refractivity contribution in [1.29, 1.82) is 0 Å². The number of benzene rings is 2. The maximum Gasteiger partial charge on any atom is 0.222 e. The van der Waals surface area contributed by atoms with Crippen LogP contribution in [0.5, 0.6) is 0 Å². The monoisotopic (exact) mass is 365 g/mol. The first-order chi connectivity index (χ1) is 13.1. The smallest absolute Gasteiger partial charge is 0.222 e. The zero-order valence-corrected chi connectivity index (χ0v) is 17.8. The molecule has 0 radical (unpaired) electrons. The van der Waals surface area contributed by atoms with Crippen molar-refractivity contribution in [2.24, 2.45) is 5.92 Å². The summed E-state index contributed by atoms with van der Waals surface area (Å²) in [6.45, 7) is 8.00. The van der Waals surface area contributed by atoms with Crippen LogP contribution in [-0.2, 0) is 17.6 Å². The van der Waals surface area contributed by atoms with Crippen molar-refractivity contribution in [3.8, 4) is 0 Å². The topological polar surface area (TPSA) is 20.3 Å². The lowest BCUT2D eigenvalue weighted by molar-refractivity contribution is -0.129. The van der Waals surface area contributed by atoms with Crippen LogP contribution in [0.1, 0.15) is 68.2 Å². The summed E-state index contributed by atoms with van der Waals surface area (Å²) in [7, 11) is 3.72. The number of fused-ring (bicyclic) bond motifs is 5. The molecule has 4 rings (SSSR count). The summed E-state index contributed by atoms with van der Waals surface area (Å²) in [6.07, 6.45) is 2.78. The van der Waals surface area contributed by atoms with Gasteiger partial charge >= 0.3 is 0 Å². The Morgan fingerprint density at radius 2 is 1.37 bits per heavy atom. The van der Waals surface area contributed by atoms with Crippen LogP contribution in [0.15, 0.2) is 48.5 Å². The summed E-state index contributed by atoms with van der Waals surface area (Å²) in [5, 5.41) is 0. The lowest BCUT2D eigenvalue weighted by atomic mass is 9.68. The highest BCUT2D eigenvalue weighted by Gasteiger charge is 2.43. The Balaban J connectivity index is 0.000000614. The first-order valence-corrected chi connectivity index (χ1v) is 10.5. The Hall–Kier alpha value is -2.09. The molecule has 146 valence electrons. The van der Waals surface area contributed by atoms with Crippen molar-refractivity contribution in [1.82, 2.24) is 4.90 Å². The molecule has 0 saturated heterocycles. The van der Waals surface area contributed by atoms with Gasteiger partial charge in [-0.25, -0.2) is 0 Å². The summed E-state index contributed by atoms with van der Waals surface area (Å²) in [5.74, 6) is 1.69. The molecular formula is C25H35NO. The Kier molecular flexibility index (Phi) is 7.65. The summed E-state index contributed by atoms with van der Waals surface area (Å²) < 4.78 is 0. The van der Waals surface area contributed by atoms with Gasteiger partial charge in [-0.2, -0.15) is 0 Å². The van der Waals surface area contributed by atoms with Crippen LogP contribution >= 0.6 is 0 Å². The molecule has 2 aromatic rings. The lowest BCUT2D eigenvalue weighted by Gasteiger charge is -2.36. The quantitative estimate of drug-likeness (QED) is 0.657. The third-order valence-corrected chi connectivity index (χ3v) is 5.67.